The fourth-order valence-electron chi connectivity index (χ4n) is 3.53. The third-order valence-electron chi connectivity index (χ3n) is 5.46. The van der Waals surface area contributed by atoms with Crippen LogP contribution in [-0.4, -0.2) is 38.1 Å². The van der Waals surface area contributed by atoms with Gasteiger partial charge in [0.15, 0.2) is 6.04 Å². The summed E-state index contributed by atoms with van der Waals surface area (Å²) in [4.78, 5) is 16.1. The number of rotatable bonds is 4. The fourth-order valence-corrected chi connectivity index (χ4v) is 3.53. The summed E-state index contributed by atoms with van der Waals surface area (Å²) in [5.41, 5.74) is 4.15. The van der Waals surface area contributed by atoms with Gasteiger partial charge >= 0.3 is 0 Å². The Morgan fingerprint density at radius 1 is 1.12 bits per heavy atom. The van der Waals surface area contributed by atoms with Gasteiger partial charge in [0.2, 0.25) is 0 Å². The summed E-state index contributed by atoms with van der Waals surface area (Å²) >= 11 is 0. The van der Waals surface area contributed by atoms with Crippen molar-refractivity contribution >= 4 is 17.3 Å². The number of benzene rings is 2. The summed E-state index contributed by atoms with van der Waals surface area (Å²) in [5, 5.41) is 2.72. The first-order chi connectivity index (χ1) is 12.5. The van der Waals surface area contributed by atoms with E-state index in [2.05, 4.69) is 42.3 Å². The fraction of sp³-hybridized carbons (Fsp3) is 0.381. The van der Waals surface area contributed by atoms with Crippen LogP contribution in [0.1, 0.15) is 18.1 Å². The monoisotopic (exact) mass is 356 g/mol. The summed E-state index contributed by atoms with van der Waals surface area (Å²) in [7, 11) is 0. The van der Waals surface area contributed by atoms with Crippen molar-refractivity contribution in [2.45, 2.75) is 26.8 Å². The molecule has 2 N–H and O–H groups in total. The van der Waals surface area contributed by atoms with Crippen LogP contribution in [0.4, 0.5) is 15.8 Å². The number of amides is 1. The third-order valence-corrected chi connectivity index (χ3v) is 5.46. The number of carbonyl (C=O) groups excluding carboxylic acids is 1. The molecule has 0 aromatic heterocycles. The molecule has 1 amide bonds. The number of carbonyl (C=O) groups is 1. The van der Waals surface area contributed by atoms with Gasteiger partial charge in [-0.1, -0.05) is 24.3 Å². The van der Waals surface area contributed by atoms with E-state index in [-0.39, 0.29) is 17.6 Å². The van der Waals surface area contributed by atoms with E-state index in [1.807, 2.05) is 6.92 Å². The highest BCUT2D eigenvalue weighted by atomic mass is 19.1. The zero-order valence-corrected chi connectivity index (χ0v) is 15.7. The lowest BCUT2D eigenvalue weighted by atomic mass is 10.1. The van der Waals surface area contributed by atoms with E-state index in [0.717, 1.165) is 26.2 Å². The predicted molar refractivity (Wildman–Crippen MR) is 103 cm³/mol. The minimum absolute atomic E-state index is 0.134. The van der Waals surface area contributed by atoms with Crippen molar-refractivity contribution in [1.82, 2.24) is 0 Å². The Balaban J connectivity index is 1.59. The van der Waals surface area contributed by atoms with Crippen molar-refractivity contribution < 1.29 is 14.1 Å². The van der Waals surface area contributed by atoms with Gasteiger partial charge in [0, 0.05) is 5.69 Å². The highest BCUT2D eigenvalue weighted by Gasteiger charge is 2.30. The van der Waals surface area contributed by atoms with Gasteiger partial charge in [-0.15, -0.1) is 0 Å². The van der Waals surface area contributed by atoms with E-state index in [4.69, 9.17) is 0 Å². The Morgan fingerprint density at radius 3 is 2.50 bits per heavy atom. The normalized spacial score (nSPS) is 16.4. The van der Waals surface area contributed by atoms with E-state index in [0.29, 0.717) is 0 Å². The molecule has 1 heterocycles. The number of anilines is 2. The van der Waals surface area contributed by atoms with Gasteiger partial charge in [0.1, 0.15) is 5.82 Å². The molecule has 4 nitrogen and oxygen atoms in total. The summed E-state index contributed by atoms with van der Waals surface area (Å²) in [5.74, 6) is -0.534. The second-order valence-corrected chi connectivity index (χ2v) is 7.06. The van der Waals surface area contributed by atoms with Gasteiger partial charge in [-0.2, -0.15) is 0 Å². The molecule has 26 heavy (non-hydrogen) atoms. The van der Waals surface area contributed by atoms with Crippen molar-refractivity contribution in [2.75, 3.05) is 36.4 Å². The molecule has 5 heteroatoms. The average Bonchev–Trinajstić information content (AvgIpc) is 2.65. The first-order valence-corrected chi connectivity index (χ1v) is 9.18. The summed E-state index contributed by atoms with van der Waals surface area (Å²) in [6.45, 7) is 9.81. The standard InChI is InChI=1S/C21H26FN3O/c1-15-7-6-10-20(16(15)2)25-13-11-24(12-14-25)17(3)21(26)23-19-9-5-4-8-18(19)22/h4-10,17H,11-14H2,1-3H3,(H,23,26)/p+1/t17-/m0/s1. The van der Waals surface area contributed by atoms with Crippen molar-refractivity contribution in [2.24, 2.45) is 0 Å². The number of hydrogen-bond acceptors (Lipinski definition) is 2. The molecule has 2 aromatic rings. The van der Waals surface area contributed by atoms with Gasteiger partial charge in [-0.3, -0.25) is 4.79 Å². The van der Waals surface area contributed by atoms with Crippen LogP contribution < -0.4 is 15.1 Å². The molecule has 1 fully saturated rings. The molecule has 138 valence electrons. The maximum absolute atomic E-state index is 13.7. The van der Waals surface area contributed by atoms with E-state index < -0.39 is 5.82 Å². The average molecular weight is 356 g/mol. The SMILES string of the molecule is Cc1cccc(N2CC[NH+]([C@@H](C)C(=O)Nc3ccccc3F)CC2)c1C. The van der Waals surface area contributed by atoms with Crippen LogP contribution in [0.15, 0.2) is 42.5 Å². The van der Waals surface area contributed by atoms with Gasteiger partial charge in [-0.25, -0.2) is 4.39 Å². The molecule has 1 aliphatic rings. The molecule has 0 spiro atoms. The number of hydrogen-bond donors (Lipinski definition) is 2. The van der Waals surface area contributed by atoms with E-state index >= 15 is 0 Å². The molecular weight excluding hydrogens is 329 g/mol. The molecule has 0 aliphatic carbocycles. The highest BCUT2D eigenvalue weighted by Crippen LogP contribution is 2.22. The smallest absolute Gasteiger partial charge is 0.282 e. The maximum Gasteiger partial charge on any atom is 0.282 e. The minimum Gasteiger partial charge on any atom is -0.360 e. The minimum atomic E-state index is -0.400. The summed E-state index contributed by atoms with van der Waals surface area (Å²) in [6, 6.07) is 12.5. The Labute approximate surface area is 154 Å². The van der Waals surface area contributed by atoms with Crippen LogP contribution in [0, 0.1) is 19.7 Å². The molecule has 1 atom stereocenters. The van der Waals surface area contributed by atoms with Gasteiger partial charge in [0.05, 0.1) is 31.9 Å². The van der Waals surface area contributed by atoms with Crippen LogP contribution >= 0.6 is 0 Å². The lowest BCUT2D eigenvalue weighted by Crippen LogP contribution is -3.19. The molecule has 2 aromatic carbocycles. The number of quaternary nitrogens is 1. The Bertz CT molecular complexity index is 785. The van der Waals surface area contributed by atoms with Crippen molar-refractivity contribution in [3.63, 3.8) is 0 Å². The van der Waals surface area contributed by atoms with Crippen LogP contribution in [0.3, 0.4) is 0 Å². The van der Waals surface area contributed by atoms with Crippen molar-refractivity contribution in [1.29, 1.82) is 0 Å². The lowest BCUT2D eigenvalue weighted by Gasteiger charge is -2.36. The molecule has 1 aliphatic heterocycles. The molecule has 0 radical (unpaired) electrons. The van der Waals surface area contributed by atoms with Crippen LogP contribution in [0.2, 0.25) is 0 Å². The summed E-state index contributed by atoms with van der Waals surface area (Å²) < 4.78 is 13.7. The lowest BCUT2D eigenvalue weighted by molar-refractivity contribution is -0.914. The van der Waals surface area contributed by atoms with Crippen molar-refractivity contribution in [3.05, 3.63) is 59.4 Å². The van der Waals surface area contributed by atoms with Crippen molar-refractivity contribution in [3.8, 4) is 0 Å². The molecule has 0 unspecified atom stereocenters. The van der Waals surface area contributed by atoms with Gasteiger partial charge in [0.25, 0.3) is 5.91 Å². The highest BCUT2D eigenvalue weighted by molar-refractivity contribution is 5.93. The van der Waals surface area contributed by atoms with E-state index in [1.54, 1.807) is 18.2 Å². The second kappa shape index (κ2) is 7.87. The molecule has 0 saturated carbocycles. The third kappa shape index (κ3) is 3.88. The first kappa shape index (κ1) is 18.4. The van der Waals surface area contributed by atoms with E-state index in [1.165, 1.54) is 27.8 Å². The Hall–Kier alpha value is -2.40. The Kier molecular flexibility index (Phi) is 5.57. The summed E-state index contributed by atoms with van der Waals surface area (Å²) in [6.07, 6.45) is 0. The zero-order chi connectivity index (χ0) is 18.7. The van der Waals surface area contributed by atoms with Crippen LogP contribution in [0.25, 0.3) is 0 Å². The number of para-hydroxylation sites is 1. The van der Waals surface area contributed by atoms with E-state index in [9.17, 15) is 9.18 Å². The van der Waals surface area contributed by atoms with Crippen LogP contribution in [0.5, 0.6) is 0 Å². The number of aryl methyl sites for hydroxylation is 1. The van der Waals surface area contributed by atoms with Crippen LogP contribution in [-0.2, 0) is 4.79 Å². The number of halogens is 1. The molecule has 1 saturated heterocycles. The molecule has 3 rings (SSSR count). The maximum atomic E-state index is 13.7. The quantitative estimate of drug-likeness (QED) is 0.881. The topological polar surface area (TPSA) is 36.8 Å². The number of nitrogens with zero attached hydrogens (tertiary/aromatic N) is 1. The molecule has 0 bridgehead atoms. The predicted octanol–water partition coefficient (Wildman–Crippen LogP) is 2.17. The zero-order valence-electron chi connectivity index (χ0n) is 15.7. The Morgan fingerprint density at radius 2 is 1.81 bits per heavy atom. The van der Waals surface area contributed by atoms with Gasteiger partial charge < -0.3 is 15.1 Å². The largest absolute Gasteiger partial charge is 0.360 e. The van der Waals surface area contributed by atoms with Gasteiger partial charge in [-0.05, 0) is 50.1 Å². The first-order valence-electron chi connectivity index (χ1n) is 9.18. The second-order valence-electron chi connectivity index (χ2n) is 7.06. The number of piperazine rings is 1. The number of nitrogens with one attached hydrogen (secondary N) is 2. The molecular formula is C21H27FN3O+.